The average molecular weight is 230 g/mol. The lowest BCUT2D eigenvalue weighted by atomic mass is 9.98. The van der Waals surface area contributed by atoms with Crippen molar-refractivity contribution in [1.82, 2.24) is 5.06 Å². The second kappa shape index (κ2) is 4.47. The van der Waals surface area contributed by atoms with E-state index >= 15 is 0 Å². The molecule has 2 nitrogen and oxygen atoms in total. The Kier molecular flexibility index (Phi) is 3.24. The Balaban J connectivity index is 2.20. The van der Waals surface area contributed by atoms with Gasteiger partial charge in [-0.05, 0) is 18.1 Å². The van der Waals surface area contributed by atoms with Crippen LogP contribution in [0.25, 0.3) is 0 Å². The van der Waals surface area contributed by atoms with Crippen LogP contribution in [0.1, 0.15) is 17.9 Å². The fourth-order valence-electron chi connectivity index (χ4n) is 1.98. The van der Waals surface area contributed by atoms with Crippen molar-refractivity contribution < 1.29 is 9.23 Å². The molecule has 1 aliphatic heterocycles. The lowest BCUT2D eigenvalue weighted by Gasteiger charge is -2.13. The van der Waals surface area contributed by atoms with E-state index < -0.39 is 0 Å². The van der Waals surface area contributed by atoms with Crippen molar-refractivity contribution in [3.63, 3.8) is 0 Å². The molecular weight excluding hydrogens is 217 g/mol. The smallest absolute Gasteiger partial charge is 0.145 e. The predicted octanol–water partition coefficient (Wildman–Crippen LogP) is 2.83. The quantitative estimate of drug-likeness (QED) is 0.773. The highest BCUT2D eigenvalue weighted by atomic mass is 35.5. The van der Waals surface area contributed by atoms with Crippen molar-refractivity contribution in [1.29, 1.82) is 0 Å². The Morgan fingerprint density at radius 1 is 1.53 bits per heavy atom. The zero-order chi connectivity index (χ0) is 10.8. The van der Waals surface area contributed by atoms with Gasteiger partial charge in [0.15, 0.2) is 0 Å². The second-order valence-electron chi connectivity index (χ2n) is 3.70. The van der Waals surface area contributed by atoms with Crippen LogP contribution in [0.3, 0.4) is 0 Å². The summed E-state index contributed by atoms with van der Waals surface area (Å²) in [4.78, 5) is 5.11. The minimum absolute atomic E-state index is 0.184. The zero-order valence-electron chi connectivity index (χ0n) is 8.54. The van der Waals surface area contributed by atoms with Crippen molar-refractivity contribution in [2.75, 3.05) is 20.2 Å². The largest absolute Gasteiger partial charge is 0.302 e. The molecule has 15 heavy (non-hydrogen) atoms. The Morgan fingerprint density at radius 2 is 2.33 bits per heavy atom. The number of nitrogens with zero attached hydrogens (tertiary/aromatic N) is 1. The van der Waals surface area contributed by atoms with E-state index in [2.05, 4.69) is 0 Å². The van der Waals surface area contributed by atoms with E-state index in [1.54, 1.807) is 25.3 Å². The number of hydrogen-bond acceptors (Lipinski definition) is 2. The van der Waals surface area contributed by atoms with Gasteiger partial charge in [-0.3, -0.25) is 0 Å². The van der Waals surface area contributed by atoms with Crippen LogP contribution < -0.4 is 0 Å². The molecule has 1 atom stereocenters. The first-order valence-corrected chi connectivity index (χ1v) is 5.33. The van der Waals surface area contributed by atoms with Crippen LogP contribution in [0.15, 0.2) is 18.2 Å². The molecule has 0 aliphatic carbocycles. The molecule has 1 heterocycles. The number of hydrogen-bond donors (Lipinski definition) is 0. The SMILES string of the molecule is CON1CC[C@@H](c2cccc(Cl)c2F)C1. The molecule has 4 heteroatoms. The van der Waals surface area contributed by atoms with Crippen molar-refractivity contribution in [2.45, 2.75) is 12.3 Å². The molecular formula is C11H13ClFNO. The summed E-state index contributed by atoms with van der Waals surface area (Å²) < 4.78 is 13.7. The van der Waals surface area contributed by atoms with Crippen LogP contribution in [-0.4, -0.2) is 25.3 Å². The minimum atomic E-state index is -0.290. The van der Waals surface area contributed by atoms with E-state index in [1.807, 2.05) is 5.06 Å². The third-order valence-electron chi connectivity index (χ3n) is 2.83. The molecule has 1 aromatic carbocycles. The molecule has 1 aliphatic rings. The highest BCUT2D eigenvalue weighted by Gasteiger charge is 2.26. The number of benzene rings is 1. The zero-order valence-corrected chi connectivity index (χ0v) is 9.30. The fourth-order valence-corrected chi connectivity index (χ4v) is 2.17. The second-order valence-corrected chi connectivity index (χ2v) is 4.11. The Labute approximate surface area is 93.5 Å². The summed E-state index contributed by atoms with van der Waals surface area (Å²) in [5.74, 6) is -0.106. The van der Waals surface area contributed by atoms with Crippen LogP contribution in [-0.2, 0) is 4.84 Å². The van der Waals surface area contributed by atoms with Crippen LogP contribution in [0, 0.1) is 5.82 Å². The van der Waals surface area contributed by atoms with Crippen molar-refractivity contribution in [3.05, 3.63) is 34.6 Å². The van der Waals surface area contributed by atoms with Gasteiger partial charge >= 0.3 is 0 Å². The molecule has 0 radical (unpaired) electrons. The van der Waals surface area contributed by atoms with Gasteiger partial charge in [0.25, 0.3) is 0 Å². The van der Waals surface area contributed by atoms with Gasteiger partial charge in [-0.2, -0.15) is 5.06 Å². The summed E-state index contributed by atoms with van der Waals surface area (Å²) >= 11 is 5.74. The highest BCUT2D eigenvalue weighted by Crippen LogP contribution is 2.31. The molecule has 0 saturated carbocycles. The average Bonchev–Trinajstić information content (AvgIpc) is 2.70. The van der Waals surface area contributed by atoms with Crippen LogP contribution >= 0.6 is 11.6 Å². The standard InChI is InChI=1S/C11H13ClFNO/c1-15-14-6-5-8(7-14)9-3-2-4-10(12)11(9)13/h2-4,8H,5-7H2,1H3/t8-/m1/s1. The van der Waals surface area contributed by atoms with Gasteiger partial charge in [-0.25, -0.2) is 4.39 Å². The number of hydroxylamine groups is 2. The molecule has 0 aromatic heterocycles. The first-order valence-electron chi connectivity index (χ1n) is 4.95. The summed E-state index contributed by atoms with van der Waals surface area (Å²) in [5, 5.41) is 2.04. The van der Waals surface area contributed by atoms with Gasteiger partial charge in [-0.1, -0.05) is 23.7 Å². The van der Waals surface area contributed by atoms with E-state index in [0.717, 1.165) is 19.5 Å². The molecule has 0 spiro atoms. The van der Waals surface area contributed by atoms with Crippen LogP contribution in [0.5, 0.6) is 0 Å². The molecule has 0 N–H and O–H groups in total. The highest BCUT2D eigenvalue weighted by molar-refractivity contribution is 6.30. The molecule has 1 saturated heterocycles. The third-order valence-corrected chi connectivity index (χ3v) is 3.12. The van der Waals surface area contributed by atoms with E-state index in [1.165, 1.54) is 0 Å². The molecule has 0 unspecified atom stereocenters. The molecule has 2 rings (SSSR count). The normalized spacial score (nSPS) is 22.2. The Hall–Kier alpha value is -0.640. The predicted molar refractivity (Wildman–Crippen MR) is 57.4 cm³/mol. The van der Waals surface area contributed by atoms with Gasteiger partial charge < -0.3 is 4.84 Å². The molecule has 0 bridgehead atoms. The van der Waals surface area contributed by atoms with E-state index in [0.29, 0.717) is 5.56 Å². The number of rotatable bonds is 2. The maximum Gasteiger partial charge on any atom is 0.145 e. The third kappa shape index (κ3) is 2.14. The van der Waals surface area contributed by atoms with Crippen molar-refractivity contribution >= 4 is 11.6 Å². The van der Waals surface area contributed by atoms with Crippen LogP contribution in [0.2, 0.25) is 5.02 Å². The lowest BCUT2D eigenvalue weighted by Crippen LogP contribution is -2.18. The summed E-state index contributed by atoms with van der Waals surface area (Å²) in [7, 11) is 1.64. The summed E-state index contributed by atoms with van der Waals surface area (Å²) in [6.45, 7) is 1.57. The number of halogens is 2. The molecule has 1 aromatic rings. The first kappa shape index (κ1) is 10.9. The van der Waals surface area contributed by atoms with Crippen LogP contribution in [0.4, 0.5) is 4.39 Å². The Morgan fingerprint density at radius 3 is 3.00 bits per heavy atom. The minimum Gasteiger partial charge on any atom is -0.302 e. The van der Waals surface area contributed by atoms with Crippen molar-refractivity contribution in [3.8, 4) is 0 Å². The lowest BCUT2D eigenvalue weighted by molar-refractivity contribution is -0.113. The van der Waals surface area contributed by atoms with Gasteiger partial charge in [0.2, 0.25) is 0 Å². The van der Waals surface area contributed by atoms with E-state index in [4.69, 9.17) is 16.4 Å². The van der Waals surface area contributed by atoms with Gasteiger partial charge in [0.05, 0.1) is 12.1 Å². The van der Waals surface area contributed by atoms with Crippen molar-refractivity contribution in [2.24, 2.45) is 0 Å². The summed E-state index contributed by atoms with van der Waals surface area (Å²) in [6, 6.07) is 5.16. The maximum absolute atomic E-state index is 13.7. The topological polar surface area (TPSA) is 12.5 Å². The monoisotopic (exact) mass is 229 g/mol. The Bertz CT molecular complexity index is 358. The van der Waals surface area contributed by atoms with Gasteiger partial charge in [0, 0.05) is 19.0 Å². The van der Waals surface area contributed by atoms with E-state index in [9.17, 15) is 4.39 Å². The first-order chi connectivity index (χ1) is 7.22. The van der Waals surface area contributed by atoms with Gasteiger partial charge in [-0.15, -0.1) is 0 Å². The van der Waals surface area contributed by atoms with E-state index in [-0.39, 0.29) is 16.8 Å². The molecule has 1 fully saturated rings. The maximum atomic E-state index is 13.7. The van der Waals surface area contributed by atoms with Gasteiger partial charge in [0.1, 0.15) is 5.82 Å². The molecule has 0 amide bonds. The summed E-state index contributed by atoms with van der Waals surface area (Å²) in [6.07, 6.45) is 0.908. The fraction of sp³-hybridized carbons (Fsp3) is 0.455. The summed E-state index contributed by atoms with van der Waals surface area (Å²) in [5.41, 5.74) is 0.696. The molecule has 82 valence electrons.